The molecule has 0 saturated carbocycles. The number of nitrogens with two attached hydrogens (primary N) is 1. The molecule has 78 valence electrons. The molecule has 1 heterocycles. The fourth-order valence-corrected chi connectivity index (χ4v) is 0.889. The van der Waals surface area contributed by atoms with Crippen LogP contribution in [0.3, 0.4) is 0 Å². The van der Waals surface area contributed by atoms with Crippen molar-refractivity contribution in [3.63, 3.8) is 0 Å². The molecule has 6 heteroatoms. The third kappa shape index (κ3) is 2.40. The molecule has 0 spiro atoms. The van der Waals surface area contributed by atoms with Gasteiger partial charge in [-0.25, -0.2) is 4.79 Å². The van der Waals surface area contributed by atoms with Gasteiger partial charge in [-0.2, -0.15) is 0 Å². The van der Waals surface area contributed by atoms with Crippen LogP contribution in [0, 0.1) is 0 Å². The van der Waals surface area contributed by atoms with E-state index in [9.17, 15) is 4.79 Å². The molecule has 1 aromatic heterocycles. The highest BCUT2D eigenvalue weighted by Gasteiger charge is 2.11. The Hall–Kier alpha value is -1.69. The van der Waals surface area contributed by atoms with Gasteiger partial charge in [0.05, 0.1) is 0 Å². The number of rotatable bonds is 4. The van der Waals surface area contributed by atoms with Gasteiger partial charge in [0.15, 0.2) is 0 Å². The fraction of sp³-hybridized carbons (Fsp3) is 0.375. The smallest absolute Gasteiger partial charge is 0.333 e. The summed E-state index contributed by atoms with van der Waals surface area (Å²) in [4.78, 5) is 15.7. The van der Waals surface area contributed by atoms with Gasteiger partial charge in [0.25, 0.3) is 0 Å². The van der Waals surface area contributed by atoms with Crippen molar-refractivity contribution >= 4 is 5.97 Å². The minimum absolute atomic E-state index is 0.146. The van der Waals surface area contributed by atoms with E-state index in [1.54, 1.807) is 0 Å². The number of carbonyl (C=O) groups is 1. The maximum Gasteiger partial charge on any atom is 0.333 e. The Labute approximate surface area is 80.5 Å². The quantitative estimate of drug-likeness (QED) is 0.614. The SMILES string of the molecule is NCCCC(=O)On1c(O)ccc1O. The summed E-state index contributed by atoms with van der Waals surface area (Å²) in [6.45, 7) is 0.388. The van der Waals surface area contributed by atoms with Crippen LogP contribution in [0.2, 0.25) is 0 Å². The molecule has 14 heavy (non-hydrogen) atoms. The largest absolute Gasteiger partial charge is 0.492 e. The Bertz CT molecular complexity index is 302. The molecule has 0 aliphatic carbocycles. The number of hydrogen-bond acceptors (Lipinski definition) is 5. The van der Waals surface area contributed by atoms with E-state index in [2.05, 4.69) is 4.84 Å². The van der Waals surface area contributed by atoms with Crippen LogP contribution in [0.15, 0.2) is 12.1 Å². The first kappa shape index (κ1) is 10.4. The molecule has 0 aromatic carbocycles. The second kappa shape index (κ2) is 4.52. The summed E-state index contributed by atoms with van der Waals surface area (Å²) >= 11 is 0. The number of carbonyl (C=O) groups excluding carboxylic acids is 1. The van der Waals surface area contributed by atoms with E-state index in [1.807, 2.05) is 0 Å². The molecular formula is C8H12N2O4. The van der Waals surface area contributed by atoms with Gasteiger partial charge in [0.2, 0.25) is 11.8 Å². The average Bonchev–Trinajstić information content (AvgIpc) is 2.46. The van der Waals surface area contributed by atoms with Crippen molar-refractivity contribution in [2.75, 3.05) is 6.54 Å². The first-order valence-electron chi connectivity index (χ1n) is 4.16. The highest BCUT2D eigenvalue weighted by atomic mass is 16.7. The Morgan fingerprint density at radius 1 is 1.43 bits per heavy atom. The molecule has 0 bridgehead atoms. The summed E-state index contributed by atoms with van der Waals surface area (Å²) in [6, 6.07) is 2.43. The van der Waals surface area contributed by atoms with Crippen LogP contribution in [-0.4, -0.2) is 27.5 Å². The predicted molar refractivity (Wildman–Crippen MR) is 47.6 cm³/mol. The molecule has 0 atom stereocenters. The summed E-state index contributed by atoms with van der Waals surface area (Å²) in [5.74, 6) is -1.22. The van der Waals surface area contributed by atoms with Crippen molar-refractivity contribution in [3.8, 4) is 11.8 Å². The van der Waals surface area contributed by atoms with Gasteiger partial charge in [-0.15, -0.1) is 4.73 Å². The zero-order chi connectivity index (χ0) is 10.6. The highest BCUT2D eigenvalue weighted by molar-refractivity contribution is 5.69. The van der Waals surface area contributed by atoms with Crippen molar-refractivity contribution in [1.29, 1.82) is 0 Å². The van der Waals surface area contributed by atoms with Crippen LogP contribution in [0.5, 0.6) is 11.8 Å². The first-order chi connectivity index (χ1) is 6.65. The molecule has 0 radical (unpaired) electrons. The molecule has 1 rings (SSSR count). The van der Waals surface area contributed by atoms with E-state index in [0.717, 1.165) is 0 Å². The lowest BCUT2D eigenvalue weighted by Gasteiger charge is -2.05. The molecule has 0 aliphatic rings. The van der Waals surface area contributed by atoms with E-state index in [4.69, 9.17) is 15.9 Å². The van der Waals surface area contributed by atoms with Crippen molar-refractivity contribution in [1.82, 2.24) is 4.73 Å². The topological polar surface area (TPSA) is 97.7 Å². The van der Waals surface area contributed by atoms with E-state index in [0.29, 0.717) is 17.7 Å². The van der Waals surface area contributed by atoms with Gasteiger partial charge in [0.1, 0.15) is 0 Å². The molecule has 1 aromatic rings. The van der Waals surface area contributed by atoms with Crippen LogP contribution in [-0.2, 0) is 4.79 Å². The standard InChI is InChI=1S/C8H12N2O4/c9-5-1-2-8(13)14-10-6(11)3-4-7(10)12/h3-4,11-12H,1-2,5,9H2. The molecule has 4 N–H and O–H groups in total. The summed E-state index contributed by atoms with van der Waals surface area (Å²) in [5, 5.41) is 18.2. The second-order valence-corrected chi connectivity index (χ2v) is 2.70. The Morgan fingerprint density at radius 3 is 2.50 bits per heavy atom. The number of hydrogen-bond donors (Lipinski definition) is 3. The fourth-order valence-electron chi connectivity index (χ4n) is 0.889. The number of aromatic hydroxyl groups is 2. The Morgan fingerprint density at radius 2 is 2.00 bits per heavy atom. The number of nitrogens with zero attached hydrogens (tertiary/aromatic N) is 1. The van der Waals surface area contributed by atoms with E-state index >= 15 is 0 Å². The second-order valence-electron chi connectivity index (χ2n) is 2.70. The van der Waals surface area contributed by atoms with Crippen LogP contribution >= 0.6 is 0 Å². The molecule has 0 aliphatic heterocycles. The van der Waals surface area contributed by atoms with Gasteiger partial charge in [-0.1, -0.05) is 0 Å². The van der Waals surface area contributed by atoms with Crippen LogP contribution in [0.25, 0.3) is 0 Å². The summed E-state index contributed by atoms with van der Waals surface area (Å²) in [6.07, 6.45) is 0.648. The van der Waals surface area contributed by atoms with E-state index in [1.165, 1.54) is 12.1 Å². The lowest BCUT2D eigenvalue weighted by Crippen LogP contribution is -2.19. The Balaban J connectivity index is 2.55. The highest BCUT2D eigenvalue weighted by Crippen LogP contribution is 2.18. The van der Waals surface area contributed by atoms with Gasteiger partial charge in [0, 0.05) is 18.6 Å². The molecule has 0 unspecified atom stereocenters. The van der Waals surface area contributed by atoms with Gasteiger partial charge >= 0.3 is 5.97 Å². The third-order valence-corrected chi connectivity index (χ3v) is 1.58. The van der Waals surface area contributed by atoms with Crippen molar-refractivity contribution in [2.45, 2.75) is 12.8 Å². The Kier molecular flexibility index (Phi) is 3.35. The van der Waals surface area contributed by atoms with Crippen LogP contribution in [0.4, 0.5) is 0 Å². The minimum Gasteiger partial charge on any atom is -0.492 e. The molecule has 0 saturated heterocycles. The maximum atomic E-state index is 11.1. The van der Waals surface area contributed by atoms with Gasteiger partial charge in [-0.3, -0.25) is 0 Å². The number of aromatic nitrogens is 1. The molecular weight excluding hydrogens is 188 g/mol. The van der Waals surface area contributed by atoms with E-state index in [-0.39, 0.29) is 18.2 Å². The summed E-state index contributed by atoms with van der Waals surface area (Å²) < 4.78 is 0.652. The summed E-state index contributed by atoms with van der Waals surface area (Å²) in [7, 11) is 0. The molecule has 0 fully saturated rings. The van der Waals surface area contributed by atoms with Crippen molar-refractivity contribution in [2.24, 2.45) is 5.73 Å². The van der Waals surface area contributed by atoms with E-state index < -0.39 is 5.97 Å². The predicted octanol–water partition coefficient (Wildman–Crippen LogP) is -0.407. The molecule has 0 amide bonds. The van der Waals surface area contributed by atoms with Crippen LogP contribution in [0.1, 0.15) is 12.8 Å². The lowest BCUT2D eigenvalue weighted by atomic mass is 10.3. The maximum absolute atomic E-state index is 11.1. The van der Waals surface area contributed by atoms with Crippen LogP contribution < -0.4 is 10.6 Å². The molecule has 6 nitrogen and oxygen atoms in total. The average molecular weight is 200 g/mol. The van der Waals surface area contributed by atoms with Crippen molar-refractivity contribution in [3.05, 3.63) is 12.1 Å². The zero-order valence-electron chi connectivity index (χ0n) is 7.51. The van der Waals surface area contributed by atoms with Gasteiger partial charge < -0.3 is 20.8 Å². The summed E-state index contributed by atoms with van der Waals surface area (Å²) in [5.41, 5.74) is 5.20. The normalized spacial score (nSPS) is 10.1. The monoisotopic (exact) mass is 200 g/mol. The zero-order valence-corrected chi connectivity index (χ0v) is 7.51. The lowest BCUT2D eigenvalue weighted by molar-refractivity contribution is -0.145. The van der Waals surface area contributed by atoms with Crippen molar-refractivity contribution < 1.29 is 19.8 Å². The first-order valence-corrected chi connectivity index (χ1v) is 4.16. The van der Waals surface area contributed by atoms with Gasteiger partial charge in [-0.05, 0) is 13.0 Å². The minimum atomic E-state index is -0.558. The third-order valence-electron chi connectivity index (χ3n) is 1.58.